The molecule has 0 aliphatic carbocycles. The van der Waals surface area contributed by atoms with Crippen molar-refractivity contribution >= 4 is 11.6 Å². The molecule has 0 saturated carbocycles. The Morgan fingerprint density at radius 1 is 1.00 bits per heavy atom. The largest absolute Gasteiger partial charge is 0.388 e. The fourth-order valence-electron chi connectivity index (χ4n) is 4.44. The summed E-state index contributed by atoms with van der Waals surface area (Å²) >= 11 is 0. The lowest BCUT2D eigenvalue weighted by atomic mass is 9.92. The molecule has 7 nitrogen and oxygen atoms in total. The van der Waals surface area contributed by atoms with Gasteiger partial charge in [-0.3, -0.25) is 4.98 Å². The van der Waals surface area contributed by atoms with Gasteiger partial charge in [0, 0.05) is 37.9 Å². The molecule has 168 valence electrons. The van der Waals surface area contributed by atoms with E-state index in [4.69, 9.17) is 0 Å². The highest BCUT2D eigenvalue weighted by molar-refractivity contribution is 5.54. The van der Waals surface area contributed by atoms with E-state index in [0.29, 0.717) is 13.1 Å². The summed E-state index contributed by atoms with van der Waals surface area (Å²) in [6, 6.07) is 10.3. The Labute approximate surface area is 190 Å². The average molecular weight is 433 g/mol. The first-order valence-electron chi connectivity index (χ1n) is 11.1. The van der Waals surface area contributed by atoms with Gasteiger partial charge in [-0.1, -0.05) is 30.3 Å². The number of aliphatic hydroxyl groups is 1. The summed E-state index contributed by atoms with van der Waals surface area (Å²) in [5.41, 5.74) is 3.53. The molecule has 4 rings (SSSR count). The van der Waals surface area contributed by atoms with Crippen LogP contribution in [0.5, 0.6) is 0 Å². The molecule has 7 heteroatoms. The van der Waals surface area contributed by atoms with Crippen LogP contribution in [0, 0.1) is 13.8 Å². The highest BCUT2D eigenvalue weighted by Gasteiger charge is 2.41. The molecule has 1 N–H and O–H groups in total. The molecule has 0 radical (unpaired) electrons. The summed E-state index contributed by atoms with van der Waals surface area (Å²) in [4.78, 5) is 13.1. The smallest absolute Gasteiger partial charge is 0.154 e. The van der Waals surface area contributed by atoms with Crippen LogP contribution >= 0.6 is 0 Å². The molecule has 1 fully saturated rings. The standard InChI is InChI=1S/C25H32N6O/c1-17-15-31(22(25(4,5)32)16-30(17)23-14-26-11-12-27-23)24-19(3)18(2)21(28-29-24)13-20-9-7-6-8-10-20/h6-12,14,17,22,32H,13,15-16H2,1-5H3/t17-,22+/m0/s1. The third-order valence-electron chi connectivity index (χ3n) is 6.48. The van der Waals surface area contributed by atoms with Crippen LogP contribution < -0.4 is 9.80 Å². The summed E-state index contributed by atoms with van der Waals surface area (Å²) in [7, 11) is 0. The highest BCUT2D eigenvalue weighted by atomic mass is 16.3. The van der Waals surface area contributed by atoms with Gasteiger partial charge in [-0.05, 0) is 51.3 Å². The van der Waals surface area contributed by atoms with E-state index in [1.807, 2.05) is 32.0 Å². The SMILES string of the molecule is Cc1c(Cc2ccccc2)nnc(N2C[C@H](C)N(c3cnccn3)C[C@@H]2C(C)(C)O)c1C. The topological polar surface area (TPSA) is 78.3 Å². The van der Waals surface area contributed by atoms with E-state index >= 15 is 0 Å². The molecule has 32 heavy (non-hydrogen) atoms. The fourth-order valence-corrected chi connectivity index (χ4v) is 4.44. The van der Waals surface area contributed by atoms with Crippen molar-refractivity contribution in [3.63, 3.8) is 0 Å². The first-order chi connectivity index (χ1) is 15.3. The Morgan fingerprint density at radius 3 is 2.41 bits per heavy atom. The van der Waals surface area contributed by atoms with Gasteiger partial charge in [0.05, 0.1) is 23.5 Å². The molecule has 0 amide bonds. The molecule has 3 heterocycles. The Bertz CT molecular complexity index is 1050. The van der Waals surface area contributed by atoms with Crippen molar-refractivity contribution in [2.24, 2.45) is 0 Å². The molecule has 2 aromatic heterocycles. The second kappa shape index (κ2) is 8.82. The Balaban J connectivity index is 1.66. The van der Waals surface area contributed by atoms with Gasteiger partial charge in [0.2, 0.25) is 0 Å². The minimum absolute atomic E-state index is 0.173. The maximum atomic E-state index is 11.1. The molecule has 1 aliphatic rings. The lowest BCUT2D eigenvalue weighted by Gasteiger charge is -2.50. The van der Waals surface area contributed by atoms with E-state index in [-0.39, 0.29) is 12.1 Å². The Morgan fingerprint density at radius 2 is 1.75 bits per heavy atom. The van der Waals surface area contributed by atoms with Crippen molar-refractivity contribution in [3.8, 4) is 0 Å². The van der Waals surface area contributed by atoms with Gasteiger partial charge in [0.15, 0.2) is 5.82 Å². The zero-order chi connectivity index (χ0) is 22.9. The number of piperazine rings is 1. The van der Waals surface area contributed by atoms with Crippen molar-refractivity contribution in [1.29, 1.82) is 0 Å². The van der Waals surface area contributed by atoms with Gasteiger partial charge in [0.1, 0.15) is 5.82 Å². The fraction of sp³-hybridized carbons (Fsp3) is 0.440. The van der Waals surface area contributed by atoms with Gasteiger partial charge in [-0.2, -0.15) is 5.10 Å². The zero-order valence-electron chi connectivity index (χ0n) is 19.5. The van der Waals surface area contributed by atoms with Crippen LogP contribution in [-0.4, -0.2) is 56.0 Å². The molecule has 0 unspecified atom stereocenters. The molecule has 1 aromatic carbocycles. The highest BCUT2D eigenvalue weighted by Crippen LogP contribution is 2.32. The minimum Gasteiger partial charge on any atom is -0.388 e. The van der Waals surface area contributed by atoms with Gasteiger partial charge in [0.25, 0.3) is 0 Å². The number of hydrogen-bond acceptors (Lipinski definition) is 7. The zero-order valence-corrected chi connectivity index (χ0v) is 19.5. The lowest BCUT2D eigenvalue weighted by molar-refractivity contribution is 0.0453. The van der Waals surface area contributed by atoms with E-state index in [9.17, 15) is 5.11 Å². The maximum Gasteiger partial charge on any atom is 0.154 e. The number of nitrogens with zero attached hydrogens (tertiary/aromatic N) is 6. The van der Waals surface area contributed by atoms with Gasteiger partial charge in [-0.15, -0.1) is 5.10 Å². The monoisotopic (exact) mass is 432 g/mol. The van der Waals surface area contributed by atoms with Crippen LogP contribution in [0.3, 0.4) is 0 Å². The molecule has 3 aromatic rings. The number of benzene rings is 1. The minimum atomic E-state index is -0.939. The van der Waals surface area contributed by atoms with Crippen LogP contribution in [0.4, 0.5) is 11.6 Å². The van der Waals surface area contributed by atoms with Crippen molar-refractivity contribution in [3.05, 3.63) is 71.3 Å². The average Bonchev–Trinajstić information content (AvgIpc) is 2.77. The molecule has 1 saturated heterocycles. The second-order valence-corrected chi connectivity index (χ2v) is 9.27. The van der Waals surface area contributed by atoms with Gasteiger partial charge >= 0.3 is 0 Å². The van der Waals surface area contributed by atoms with E-state index in [1.165, 1.54) is 5.56 Å². The van der Waals surface area contributed by atoms with Crippen molar-refractivity contribution < 1.29 is 5.11 Å². The summed E-state index contributed by atoms with van der Waals surface area (Å²) in [5, 5.41) is 20.4. The van der Waals surface area contributed by atoms with Crippen molar-refractivity contribution in [1.82, 2.24) is 20.2 Å². The Hall–Kier alpha value is -3.06. The quantitative estimate of drug-likeness (QED) is 0.662. The summed E-state index contributed by atoms with van der Waals surface area (Å²) in [6.45, 7) is 11.4. The third-order valence-corrected chi connectivity index (χ3v) is 6.48. The molecule has 0 spiro atoms. The normalized spacial score (nSPS) is 19.3. The van der Waals surface area contributed by atoms with E-state index in [1.54, 1.807) is 18.6 Å². The predicted octanol–water partition coefficient (Wildman–Crippen LogP) is 3.33. The van der Waals surface area contributed by atoms with E-state index in [2.05, 4.69) is 62.9 Å². The van der Waals surface area contributed by atoms with Crippen LogP contribution in [0.2, 0.25) is 0 Å². The molecule has 1 aliphatic heterocycles. The van der Waals surface area contributed by atoms with Crippen molar-refractivity contribution in [2.75, 3.05) is 22.9 Å². The number of aromatic nitrogens is 4. The predicted molar refractivity (Wildman–Crippen MR) is 127 cm³/mol. The van der Waals surface area contributed by atoms with Gasteiger partial charge < -0.3 is 14.9 Å². The molecule has 0 bridgehead atoms. The van der Waals surface area contributed by atoms with E-state index < -0.39 is 5.60 Å². The number of rotatable bonds is 5. The third kappa shape index (κ3) is 4.43. The van der Waals surface area contributed by atoms with Crippen LogP contribution in [0.1, 0.15) is 43.2 Å². The summed E-state index contributed by atoms with van der Waals surface area (Å²) in [5.74, 6) is 1.67. The maximum absolute atomic E-state index is 11.1. The van der Waals surface area contributed by atoms with Crippen LogP contribution in [0.15, 0.2) is 48.9 Å². The number of hydrogen-bond donors (Lipinski definition) is 1. The number of anilines is 2. The van der Waals surface area contributed by atoms with Crippen LogP contribution in [0.25, 0.3) is 0 Å². The molecular formula is C25H32N6O. The van der Waals surface area contributed by atoms with Gasteiger partial charge in [-0.25, -0.2) is 4.98 Å². The first kappa shape index (κ1) is 22.1. The van der Waals surface area contributed by atoms with E-state index in [0.717, 1.165) is 34.9 Å². The van der Waals surface area contributed by atoms with Crippen molar-refractivity contribution in [2.45, 2.75) is 58.7 Å². The molecule has 2 atom stereocenters. The second-order valence-electron chi connectivity index (χ2n) is 9.27. The Kier molecular flexibility index (Phi) is 6.11. The lowest BCUT2D eigenvalue weighted by Crippen LogP contribution is -2.64. The molecular weight excluding hydrogens is 400 g/mol. The van der Waals surface area contributed by atoms with Crippen LogP contribution in [-0.2, 0) is 6.42 Å². The summed E-state index contributed by atoms with van der Waals surface area (Å²) in [6.07, 6.45) is 5.92. The first-order valence-corrected chi connectivity index (χ1v) is 11.1. The summed E-state index contributed by atoms with van der Waals surface area (Å²) < 4.78 is 0.